The van der Waals surface area contributed by atoms with Gasteiger partial charge in [0, 0.05) is 12.6 Å². The number of likely N-dealkylation sites (N-methyl/N-ethyl adjacent to an activating group) is 1. The van der Waals surface area contributed by atoms with Gasteiger partial charge in [-0.25, -0.2) is 4.39 Å². The van der Waals surface area contributed by atoms with Crippen LogP contribution in [-0.2, 0) is 10.2 Å². The van der Waals surface area contributed by atoms with E-state index in [-0.39, 0.29) is 23.1 Å². The highest BCUT2D eigenvalue weighted by molar-refractivity contribution is 5.91. The van der Waals surface area contributed by atoms with Crippen LogP contribution in [0, 0.1) is 11.2 Å². The van der Waals surface area contributed by atoms with Gasteiger partial charge >= 0.3 is 0 Å². The normalized spacial score (nSPS) is 26.2. The van der Waals surface area contributed by atoms with Crippen LogP contribution in [0.1, 0.15) is 43.9 Å². The second-order valence-electron chi connectivity index (χ2n) is 7.31. The third-order valence-corrected chi connectivity index (χ3v) is 6.15. The minimum atomic E-state index is -0.636. The monoisotopic (exact) mass is 325 g/mol. The van der Waals surface area contributed by atoms with E-state index >= 15 is 0 Å². The minimum absolute atomic E-state index is 0.00157. The second kappa shape index (κ2) is 4.85. The van der Waals surface area contributed by atoms with E-state index in [1.54, 1.807) is 25.2 Å². The van der Waals surface area contributed by atoms with E-state index in [1.165, 1.54) is 6.07 Å². The molecule has 24 heavy (non-hydrogen) atoms. The molecule has 2 aliphatic carbocycles. The van der Waals surface area contributed by atoms with Crippen molar-refractivity contribution in [2.45, 2.75) is 38.0 Å². The zero-order valence-electron chi connectivity index (χ0n) is 14.1. The molecule has 1 amide bonds. The van der Waals surface area contributed by atoms with Gasteiger partial charge in [0.05, 0.1) is 16.8 Å². The van der Waals surface area contributed by atoms with Gasteiger partial charge in [0.25, 0.3) is 0 Å². The average Bonchev–Trinajstić information content (AvgIpc) is 2.96. The van der Waals surface area contributed by atoms with Gasteiger partial charge in [0.1, 0.15) is 5.82 Å². The molecule has 1 unspecified atom stereocenters. The van der Waals surface area contributed by atoms with Gasteiger partial charge in [-0.3, -0.25) is 4.79 Å². The average molecular weight is 325 g/mol. The van der Waals surface area contributed by atoms with Gasteiger partial charge in [-0.1, -0.05) is 26.0 Å². The minimum Gasteiger partial charge on any atom is -0.358 e. The van der Waals surface area contributed by atoms with E-state index in [1.807, 2.05) is 6.07 Å². The van der Waals surface area contributed by atoms with Crippen LogP contribution >= 0.6 is 0 Å². The number of aromatic nitrogens is 2. The molecule has 2 aromatic rings. The molecule has 2 bridgehead atoms. The fourth-order valence-electron chi connectivity index (χ4n) is 4.84. The van der Waals surface area contributed by atoms with Crippen LogP contribution in [0.3, 0.4) is 0 Å². The summed E-state index contributed by atoms with van der Waals surface area (Å²) in [6, 6.07) is 8.50. The van der Waals surface area contributed by atoms with Crippen molar-refractivity contribution < 1.29 is 9.18 Å². The van der Waals surface area contributed by atoms with Crippen molar-refractivity contribution in [3.8, 4) is 11.3 Å². The number of nitrogens with zero attached hydrogens (tertiary/aromatic N) is 2. The van der Waals surface area contributed by atoms with Crippen molar-refractivity contribution in [3.63, 3.8) is 0 Å². The molecular weight excluding hydrogens is 305 g/mol. The van der Waals surface area contributed by atoms with Crippen LogP contribution in [-0.4, -0.2) is 23.2 Å². The molecule has 2 atom stereocenters. The Hall–Kier alpha value is -2.30. The number of hydrogen-bond acceptors (Lipinski definition) is 3. The summed E-state index contributed by atoms with van der Waals surface area (Å²) in [6.45, 7) is 4.26. The molecule has 124 valence electrons. The van der Waals surface area contributed by atoms with Crippen molar-refractivity contribution in [2.24, 2.45) is 5.41 Å². The molecule has 1 fully saturated rings. The summed E-state index contributed by atoms with van der Waals surface area (Å²) in [6.07, 6.45) is 1.72. The maximum Gasteiger partial charge on any atom is 0.232 e. The van der Waals surface area contributed by atoms with Crippen molar-refractivity contribution in [1.29, 1.82) is 0 Å². The van der Waals surface area contributed by atoms with Crippen LogP contribution < -0.4 is 5.32 Å². The first-order chi connectivity index (χ1) is 11.4. The summed E-state index contributed by atoms with van der Waals surface area (Å²) in [5, 5.41) is 11.5. The highest BCUT2D eigenvalue weighted by Gasteiger charge is 2.67. The van der Waals surface area contributed by atoms with Gasteiger partial charge in [-0.15, -0.1) is 0 Å². The summed E-state index contributed by atoms with van der Waals surface area (Å²) in [5.41, 5.74) is 1.93. The third kappa shape index (κ3) is 1.65. The number of halogens is 1. The topological polar surface area (TPSA) is 54.9 Å². The maximum absolute atomic E-state index is 14.1. The Labute approximate surface area is 140 Å². The Morgan fingerprint density at radius 3 is 2.75 bits per heavy atom. The molecule has 1 N–H and O–H groups in total. The van der Waals surface area contributed by atoms with Crippen LogP contribution in [0.5, 0.6) is 0 Å². The van der Waals surface area contributed by atoms with E-state index in [4.69, 9.17) is 0 Å². The Kier molecular flexibility index (Phi) is 3.08. The molecule has 0 radical (unpaired) electrons. The third-order valence-electron chi connectivity index (χ3n) is 6.15. The zero-order chi connectivity index (χ0) is 17.1. The van der Waals surface area contributed by atoms with E-state index in [9.17, 15) is 9.18 Å². The molecule has 0 spiro atoms. The quantitative estimate of drug-likeness (QED) is 0.922. The molecule has 1 aromatic carbocycles. The Morgan fingerprint density at radius 1 is 1.29 bits per heavy atom. The number of amides is 1. The van der Waals surface area contributed by atoms with Crippen LogP contribution in [0.4, 0.5) is 4.39 Å². The summed E-state index contributed by atoms with van der Waals surface area (Å²) in [5.74, 6) is -0.0669. The van der Waals surface area contributed by atoms with Gasteiger partial charge in [0.2, 0.25) is 5.91 Å². The number of carbonyl (C=O) groups excluding carboxylic acids is 1. The summed E-state index contributed by atoms with van der Waals surface area (Å²) in [4.78, 5) is 12.7. The van der Waals surface area contributed by atoms with Gasteiger partial charge < -0.3 is 5.32 Å². The largest absolute Gasteiger partial charge is 0.358 e. The molecule has 5 heteroatoms. The van der Waals surface area contributed by atoms with Gasteiger partial charge in [-0.2, -0.15) is 10.2 Å². The Bertz CT molecular complexity index is 848. The number of hydrogen-bond donors (Lipinski definition) is 1. The summed E-state index contributed by atoms with van der Waals surface area (Å²) >= 11 is 0. The first-order valence-corrected chi connectivity index (χ1v) is 8.28. The number of carbonyl (C=O) groups is 1. The van der Waals surface area contributed by atoms with E-state index in [0.717, 1.165) is 24.1 Å². The molecule has 0 saturated heterocycles. The number of nitrogens with one attached hydrogen (secondary N) is 1. The highest BCUT2D eigenvalue weighted by atomic mass is 19.1. The molecular formula is C19H20FN3O. The van der Waals surface area contributed by atoms with Crippen molar-refractivity contribution in [2.75, 3.05) is 7.05 Å². The first-order valence-electron chi connectivity index (χ1n) is 8.28. The Balaban J connectivity index is 1.91. The van der Waals surface area contributed by atoms with E-state index < -0.39 is 5.41 Å². The summed E-state index contributed by atoms with van der Waals surface area (Å²) in [7, 11) is 1.67. The molecule has 4 nitrogen and oxygen atoms in total. The van der Waals surface area contributed by atoms with Crippen LogP contribution in [0.25, 0.3) is 11.3 Å². The molecule has 1 aromatic heterocycles. The lowest BCUT2D eigenvalue weighted by atomic mass is 9.68. The lowest BCUT2D eigenvalue weighted by Gasteiger charge is -2.35. The number of fused-ring (bicyclic) bond motifs is 5. The van der Waals surface area contributed by atoms with Crippen LogP contribution in [0.15, 0.2) is 30.3 Å². The van der Waals surface area contributed by atoms with Crippen LogP contribution in [0.2, 0.25) is 0 Å². The molecule has 4 rings (SSSR count). The second-order valence-corrected chi connectivity index (χ2v) is 7.31. The fraction of sp³-hybridized carbons (Fsp3) is 0.421. The van der Waals surface area contributed by atoms with Gasteiger partial charge in [0.15, 0.2) is 0 Å². The lowest BCUT2D eigenvalue weighted by Crippen LogP contribution is -2.48. The zero-order valence-corrected chi connectivity index (χ0v) is 14.1. The maximum atomic E-state index is 14.1. The standard InChI is InChI=1S/C19H20FN3O/c1-18(2)13-8-9-19(18,17(24)21-3)16-12(13)10-15(22-23-16)11-6-4-5-7-14(11)20/h4-7,10,13H,8-9H2,1-3H3,(H,21,24)/t13?,19-/m0/s1. The molecule has 1 heterocycles. The highest BCUT2D eigenvalue weighted by Crippen LogP contribution is 2.67. The Morgan fingerprint density at radius 2 is 2.04 bits per heavy atom. The smallest absolute Gasteiger partial charge is 0.232 e. The van der Waals surface area contributed by atoms with Crippen molar-refractivity contribution in [1.82, 2.24) is 15.5 Å². The van der Waals surface area contributed by atoms with E-state index in [2.05, 4.69) is 29.4 Å². The molecule has 2 aliphatic rings. The predicted molar refractivity (Wildman–Crippen MR) is 88.9 cm³/mol. The first kappa shape index (κ1) is 15.2. The lowest BCUT2D eigenvalue weighted by molar-refractivity contribution is -0.129. The number of benzene rings is 1. The van der Waals surface area contributed by atoms with E-state index in [0.29, 0.717) is 11.3 Å². The summed E-state index contributed by atoms with van der Waals surface area (Å²) < 4.78 is 14.1. The van der Waals surface area contributed by atoms with Gasteiger partial charge in [-0.05, 0) is 47.9 Å². The SMILES string of the molecule is CNC(=O)[C@]12CCC(c3cc(-c4ccccc4F)nnc31)C2(C)C. The number of rotatable bonds is 2. The molecule has 1 saturated carbocycles. The fourth-order valence-corrected chi connectivity index (χ4v) is 4.84. The molecule has 0 aliphatic heterocycles. The predicted octanol–water partition coefficient (Wildman–Crippen LogP) is 3.18. The van der Waals surface area contributed by atoms with Crippen molar-refractivity contribution in [3.05, 3.63) is 47.4 Å². The van der Waals surface area contributed by atoms with Crippen molar-refractivity contribution >= 4 is 5.91 Å².